The van der Waals surface area contributed by atoms with Crippen molar-refractivity contribution in [3.8, 4) is 0 Å². The molecule has 0 aromatic carbocycles. The van der Waals surface area contributed by atoms with E-state index >= 15 is 0 Å². The van der Waals surface area contributed by atoms with Crippen molar-refractivity contribution in [3.63, 3.8) is 0 Å². The molecule has 106 valence electrons. The maximum atomic E-state index is 11.4. The van der Waals surface area contributed by atoms with Crippen molar-refractivity contribution >= 4 is 17.7 Å². The first-order valence-electron chi connectivity index (χ1n) is 6.56. The fraction of sp³-hybridized carbons (Fsp3) is 0.615. The normalized spacial score (nSPS) is 10.1. The zero-order valence-corrected chi connectivity index (χ0v) is 12.2. The van der Waals surface area contributed by atoms with Gasteiger partial charge < -0.3 is 15.5 Å². The molecule has 1 aromatic heterocycles. The number of aromatic nitrogens is 2. The monoisotopic (exact) mass is 265 g/mol. The smallest absolute Gasteiger partial charge is 0.224 e. The van der Waals surface area contributed by atoms with Crippen LogP contribution in [-0.2, 0) is 4.79 Å². The van der Waals surface area contributed by atoms with Crippen LogP contribution in [0.3, 0.4) is 0 Å². The highest BCUT2D eigenvalue weighted by Crippen LogP contribution is 2.09. The van der Waals surface area contributed by atoms with Crippen LogP contribution in [0.5, 0.6) is 0 Å². The lowest BCUT2D eigenvalue weighted by molar-refractivity contribution is -0.128. The summed E-state index contributed by atoms with van der Waals surface area (Å²) in [5, 5.41) is 6.31. The summed E-state index contributed by atoms with van der Waals surface area (Å²) in [5.41, 5.74) is 0.898. The summed E-state index contributed by atoms with van der Waals surface area (Å²) in [6.45, 7) is 5.44. The predicted molar refractivity (Wildman–Crippen MR) is 77.4 cm³/mol. The van der Waals surface area contributed by atoms with Crippen molar-refractivity contribution in [1.29, 1.82) is 0 Å². The average Bonchev–Trinajstić information content (AvgIpc) is 2.35. The quantitative estimate of drug-likeness (QED) is 0.782. The summed E-state index contributed by atoms with van der Waals surface area (Å²) in [6, 6.07) is 1.87. The highest BCUT2D eigenvalue weighted by atomic mass is 16.2. The van der Waals surface area contributed by atoms with Crippen LogP contribution in [0.2, 0.25) is 0 Å². The Bertz CT molecular complexity index is 419. The third kappa shape index (κ3) is 5.54. The molecule has 1 aromatic rings. The molecule has 0 aliphatic rings. The van der Waals surface area contributed by atoms with Crippen LogP contribution in [-0.4, -0.2) is 48.0 Å². The first-order chi connectivity index (χ1) is 9.02. The van der Waals surface area contributed by atoms with Crippen LogP contribution < -0.4 is 10.6 Å². The number of nitrogens with zero attached hydrogens (tertiary/aromatic N) is 3. The minimum Gasteiger partial charge on any atom is -0.369 e. The Morgan fingerprint density at radius 2 is 2.00 bits per heavy atom. The van der Waals surface area contributed by atoms with Gasteiger partial charge >= 0.3 is 0 Å². The summed E-state index contributed by atoms with van der Waals surface area (Å²) in [5.74, 6) is 1.48. The number of hydrogen-bond donors (Lipinski definition) is 2. The van der Waals surface area contributed by atoms with Crippen molar-refractivity contribution in [3.05, 3.63) is 11.8 Å². The first kappa shape index (κ1) is 15.2. The molecule has 0 aliphatic heterocycles. The minimum atomic E-state index is 0.0996. The summed E-state index contributed by atoms with van der Waals surface area (Å²) in [7, 11) is 3.51. The molecule has 6 nitrogen and oxygen atoms in total. The van der Waals surface area contributed by atoms with E-state index in [9.17, 15) is 4.79 Å². The lowest BCUT2D eigenvalue weighted by atomic mass is 10.3. The Balaban J connectivity index is 2.53. The van der Waals surface area contributed by atoms with Gasteiger partial charge in [0.1, 0.15) is 5.82 Å². The second kappa shape index (κ2) is 7.56. The maximum absolute atomic E-state index is 11.4. The maximum Gasteiger partial charge on any atom is 0.224 e. The number of aryl methyl sites for hydroxylation is 1. The van der Waals surface area contributed by atoms with Gasteiger partial charge in [-0.2, -0.15) is 4.98 Å². The fourth-order valence-electron chi connectivity index (χ4n) is 1.50. The number of carbonyl (C=O) groups excluding carboxylic acids is 1. The first-order valence-corrected chi connectivity index (χ1v) is 6.56. The highest BCUT2D eigenvalue weighted by Gasteiger charge is 2.05. The predicted octanol–water partition coefficient (Wildman–Crippen LogP) is 1.50. The van der Waals surface area contributed by atoms with Gasteiger partial charge in [0.25, 0.3) is 0 Å². The van der Waals surface area contributed by atoms with E-state index in [1.165, 1.54) is 0 Å². The van der Waals surface area contributed by atoms with Gasteiger partial charge in [0, 0.05) is 45.4 Å². The number of hydrogen-bond acceptors (Lipinski definition) is 5. The second-order valence-electron chi connectivity index (χ2n) is 4.61. The Morgan fingerprint density at radius 1 is 1.26 bits per heavy atom. The van der Waals surface area contributed by atoms with Crippen molar-refractivity contribution in [1.82, 2.24) is 14.9 Å². The highest BCUT2D eigenvalue weighted by molar-refractivity contribution is 5.76. The number of amides is 1. The zero-order valence-electron chi connectivity index (χ0n) is 12.2. The van der Waals surface area contributed by atoms with Gasteiger partial charge in [0.05, 0.1) is 0 Å². The molecule has 0 unspecified atom stereocenters. The van der Waals surface area contributed by atoms with E-state index in [0.29, 0.717) is 18.9 Å². The van der Waals surface area contributed by atoms with Gasteiger partial charge in [-0.3, -0.25) is 4.79 Å². The molecule has 0 saturated heterocycles. The molecule has 19 heavy (non-hydrogen) atoms. The van der Waals surface area contributed by atoms with Crippen molar-refractivity contribution in [2.75, 3.05) is 37.8 Å². The summed E-state index contributed by atoms with van der Waals surface area (Å²) in [6.07, 6.45) is 1.48. The number of rotatable bonds is 7. The van der Waals surface area contributed by atoms with Crippen LogP contribution in [0.15, 0.2) is 6.07 Å². The van der Waals surface area contributed by atoms with E-state index in [0.717, 1.165) is 24.5 Å². The second-order valence-corrected chi connectivity index (χ2v) is 4.61. The van der Waals surface area contributed by atoms with E-state index in [-0.39, 0.29) is 5.91 Å². The molecule has 1 amide bonds. The molecule has 0 spiro atoms. The van der Waals surface area contributed by atoms with Gasteiger partial charge in [-0.15, -0.1) is 0 Å². The molecule has 0 aliphatic carbocycles. The van der Waals surface area contributed by atoms with Gasteiger partial charge in [-0.25, -0.2) is 4.98 Å². The van der Waals surface area contributed by atoms with E-state index in [2.05, 4.69) is 27.5 Å². The number of nitrogens with one attached hydrogen (secondary N) is 2. The molecular weight excluding hydrogens is 242 g/mol. The van der Waals surface area contributed by atoms with Crippen LogP contribution in [0.4, 0.5) is 11.8 Å². The number of carbonyl (C=O) groups is 1. The molecule has 0 atom stereocenters. The lowest BCUT2D eigenvalue weighted by Crippen LogP contribution is -2.24. The molecule has 1 heterocycles. The topological polar surface area (TPSA) is 70.2 Å². The summed E-state index contributed by atoms with van der Waals surface area (Å²) in [4.78, 5) is 21.7. The molecule has 0 fully saturated rings. The average molecular weight is 265 g/mol. The largest absolute Gasteiger partial charge is 0.369 e. The molecule has 1 rings (SSSR count). The Kier molecular flexibility index (Phi) is 6.05. The lowest BCUT2D eigenvalue weighted by Gasteiger charge is -2.12. The summed E-state index contributed by atoms with van der Waals surface area (Å²) < 4.78 is 0. The SMILES string of the molecule is CCCNc1nc(C)cc(NCCC(=O)N(C)C)n1. The van der Waals surface area contributed by atoms with E-state index in [1.807, 2.05) is 13.0 Å². The van der Waals surface area contributed by atoms with Crippen molar-refractivity contribution in [2.24, 2.45) is 0 Å². The van der Waals surface area contributed by atoms with Gasteiger partial charge in [-0.05, 0) is 13.3 Å². The fourth-order valence-corrected chi connectivity index (χ4v) is 1.50. The molecule has 2 N–H and O–H groups in total. The van der Waals surface area contributed by atoms with Gasteiger partial charge in [0.15, 0.2) is 0 Å². The van der Waals surface area contributed by atoms with Crippen LogP contribution in [0, 0.1) is 6.92 Å². The van der Waals surface area contributed by atoms with Crippen LogP contribution in [0.1, 0.15) is 25.5 Å². The van der Waals surface area contributed by atoms with Crippen LogP contribution in [0.25, 0.3) is 0 Å². The molecule has 0 radical (unpaired) electrons. The Hall–Kier alpha value is -1.85. The van der Waals surface area contributed by atoms with E-state index < -0.39 is 0 Å². The van der Waals surface area contributed by atoms with Crippen molar-refractivity contribution < 1.29 is 4.79 Å². The van der Waals surface area contributed by atoms with Gasteiger partial charge in [0.2, 0.25) is 11.9 Å². The van der Waals surface area contributed by atoms with Crippen LogP contribution >= 0.6 is 0 Å². The van der Waals surface area contributed by atoms with E-state index in [4.69, 9.17) is 0 Å². The van der Waals surface area contributed by atoms with E-state index in [1.54, 1.807) is 19.0 Å². The standard InChI is InChI=1S/C13H23N5O/c1-5-7-15-13-16-10(2)9-11(17-13)14-8-6-12(19)18(3)4/h9H,5-8H2,1-4H3,(H2,14,15,16,17). The molecule has 0 bridgehead atoms. The minimum absolute atomic E-state index is 0.0996. The molecular formula is C13H23N5O. The molecule has 6 heteroatoms. The summed E-state index contributed by atoms with van der Waals surface area (Å²) >= 11 is 0. The molecule has 0 saturated carbocycles. The number of anilines is 2. The Labute approximate surface area is 114 Å². The third-order valence-corrected chi connectivity index (χ3v) is 2.53. The Morgan fingerprint density at radius 3 is 2.63 bits per heavy atom. The van der Waals surface area contributed by atoms with Gasteiger partial charge in [-0.1, -0.05) is 6.92 Å². The zero-order chi connectivity index (χ0) is 14.3. The third-order valence-electron chi connectivity index (χ3n) is 2.53. The van der Waals surface area contributed by atoms with Crippen molar-refractivity contribution in [2.45, 2.75) is 26.7 Å².